The van der Waals surface area contributed by atoms with Crippen molar-refractivity contribution < 1.29 is 21.4 Å². The first-order chi connectivity index (χ1) is 13.3. The van der Waals surface area contributed by atoms with Crippen molar-refractivity contribution in [2.75, 3.05) is 58.6 Å². The van der Waals surface area contributed by atoms with Gasteiger partial charge in [0.2, 0.25) is 20.0 Å². The lowest BCUT2D eigenvalue weighted by Crippen LogP contribution is -2.54. The second kappa shape index (κ2) is 10.4. The lowest BCUT2D eigenvalue weighted by atomic mass is 10.4. The Labute approximate surface area is 188 Å². The van der Waals surface area contributed by atoms with E-state index < -0.39 is 20.0 Å². The van der Waals surface area contributed by atoms with Crippen LogP contribution >= 0.6 is 24.0 Å². The highest BCUT2D eigenvalue weighted by Gasteiger charge is 2.30. The molecule has 0 saturated carbocycles. The van der Waals surface area contributed by atoms with E-state index in [1.54, 1.807) is 13.1 Å². The first kappa shape index (κ1) is 24.3. The Bertz CT molecular complexity index is 882. The quantitative estimate of drug-likeness (QED) is 0.275. The van der Waals surface area contributed by atoms with Crippen molar-refractivity contribution in [2.24, 2.45) is 4.99 Å². The molecule has 0 radical (unpaired) electrons. The summed E-state index contributed by atoms with van der Waals surface area (Å²) in [4.78, 5) is 6.21. The summed E-state index contributed by atoms with van der Waals surface area (Å²) in [6.45, 7) is 3.11. The average Bonchev–Trinajstić information content (AvgIpc) is 3.28. The zero-order valence-corrected chi connectivity index (χ0v) is 20.2. The van der Waals surface area contributed by atoms with Gasteiger partial charge in [0, 0.05) is 58.9 Å². The van der Waals surface area contributed by atoms with Gasteiger partial charge in [0.15, 0.2) is 5.96 Å². The molecule has 1 N–H and O–H groups in total. The van der Waals surface area contributed by atoms with E-state index in [9.17, 15) is 16.8 Å². The highest BCUT2D eigenvalue weighted by molar-refractivity contribution is 14.0. The molecule has 2 aliphatic heterocycles. The number of halogens is 1. The summed E-state index contributed by atoms with van der Waals surface area (Å²) in [5, 5.41) is 6.84. The summed E-state index contributed by atoms with van der Waals surface area (Å²) in [6, 6.07) is 1.54. The predicted octanol–water partition coefficient (Wildman–Crippen LogP) is -0.649. The van der Waals surface area contributed by atoms with Gasteiger partial charge in [-0.25, -0.2) is 21.1 Å². The number of sulfonamides is 2. The molecule has 166 valence electrons. The smallest absolute Gasteiger partial charge is 0.220 e. The van der Waals surface area contributed by atoms with Crippen molar-refractivity contribution in [3.63, 3.8) is 0 Å². The number of guanidine groups is 1. The summed E-state index contributed by atoms with van der Waals surface area (Å²) >= 11 is 0. The molecule has 2 saturated heterocycles. The highest BCUT2D eigenvalue weighted by Crippen LogP contribution is 2.14. The molecule has 0 aromatic carbocycles. The fraction of sp³-hybridized carbons (Fsp3) is 0.733. The molecule has 2 aliphatic rings. The molecular weight excluding hydrogens is 535 g/mol. The lowest BCUT2D eigenvalue weighted by Gasteiger charge is -2.35. The second-order valence-corrected chi connectivity index (χ2v) is 10.7. The third-order valence-corrected chi connectivity index (χ3v) is 8.58. The minimum atomic E-state index is -3.45. The van der Waals surface area contributed by atoms with Gasteiger partial charge < -0.3 is 14.7 Å². The lowest BCUT2D eigenvalue weighted by molar-refractivity contribution is 0.259. The van der Waals surface area contributed by atoms with Crippen LogP contribution in [-0.2, 0) is 25.8 Å². The number of nitrogens with zero attached hydrogens (tertiary/aromatic N) is 5. The summed E-state index contributed by atoms with van der Waals surface area (Å²) in [6.07, 6.45) is 2.02. The van der Waals surface area contributed by atoms with E-state index in [-0.39, 0.29) is 35.5 Å². The molecule has 0 aliphatic carbocycles. The maximum Gasteiger partial charge on any atom is 0.220 e. The molecule has 0 bridgehead atoms. The van der Waals surface area contributed by atoms with Gasteiger partial charge in [-0.1, -0.05) is 5.16 Å². The molecule has 0 atom stereocenters. The molecule has 0 spiro atoms. The van der Waals surface area contributed by atoms with Gasteiger partial charge in [0.25, 0.3) is 0 Å². The van der Waals surface area contributed by atoms with Gasteiger partial charge in [0.1, 0.15) is 12.0 Å². The molecule has 29 heavy (non-hydrogen) atoms. The van der Waals surface area contributed by atoms with Gasteiger partial charge in [-0.15, -0.1) is 24.0 Å². The van der Waals surface area contributed by atoms with E-state index in [1.165, 1.54) is 14.9 Å². The Balaban J connectivity index is 0.00000300. The molecule has 3 rings (SSSR count). The predicted molar refractivity (Wildman–Crippen MR) is 119 cm³/mol. The Morgan fingerprint density at radius 3 is 2.55 bits per heavy atom. The number of hydrogen-bond acceptors (Lipinski definition) is 7. The Morgan fingerprint density at radius 1 is 1.28 bits per heavy atom. The normalized spacial score (nSPS) is 21.1. The minimum Gasteiger partial charge on any atom is -0.364 e. The van der Waals surface area contributed by atoms with Crippen molar-refractivity contribution in [3.05, 3.63) is 18.0 Å². The van der Waals surface area contributed by atoms with Crippen LogP contribution in [0, 0.1) is 0 Å². The number of piperazine rings is 1. The third kappa shape index (κ3) is 6.26. The fourth-order valence-corrected chi connectivity index (χ4v) is 6.29. The summed E-state index contributed by atoms with van der Waals surface area (Å²) in [5.74, 6) is 0.679. The average molecular weight is 562 g/mol. The molecule has 14 heteroatoms. The van der Waals surface area contributed by atoms with Gasteiger partial charge >= 0.3 is 0 Å². The fourth-order valence-electron chi connectivity index (χ4n) is 3.34. The van der Waals surface area contributed by atoms with Crippen LogP contribution in [0.25, 0.3) is 0 Å². The SMILES string of the molecule is CN=C(NCCN1CCCS1(=O)=O)N1CCN(S(=O)(=O)Cc2ccon2)CC1.I. The summed E-state index contributed by atoms with van der Waals surface area (Å²) < 4.78 is 56.3. The van der Waals surface area contributed by atoms with Crippen LogP contribution < -0.4 is 5.32 Å². The largest absolute Gasteiger partial charge is 0.364 e. The number of nitrogens with one attached hydrogen (secondary N) is 1. The Kier molecular flexibility index (Phi) is 8.69. The number of aliphatic imine (C=N–C) groups is 1. The van der Waals surface area contributed by atoms with Gasteiger partial charge in [-0.2, -0.15) is 4.31 Å². The van der Waals surface area contributed by atoms with Crippen LogP contribution in [0.5, 0.6) is 0 Å². The zero-order chi connectivity index (χ0) is 20.2. The minimum absolute atomic E-state index is 0. The van der Waals surface area contributed by atoms with Gasteiger partial charge in [0.05, 0.1) is 11.4 Å². The standard InChI is InChI=1S/C15H26N6O5S2.HI/c1-16-15(17-4-6-20-5-2-12-27(20,22)23)19-7-9-21(10-8-19)28(24,25)13-14-3-11-26-18-14;/h3,11H,2,4-10,12-13H2,1H3,(H,16,17);1H. The maximum absolute atomic E-state index is 12.5. The zero-order valence-electron chi connectivity index (χ0n) is 16.2. The first-order valence-electron chi connectivity index (χ1n) is 9.12. The summed E-state index contributed by atoms with van der Waals surface area (Å²) in [5.41, 5.74) is 0.386. The Hall–Kier alpha value is -0.970. The second-order valence-electron chi connectivity index (χ2n) is 6.68. The summed E-state index contributed by atoms with van der Waals surface area (Å²) in [7, 11) is -4.90. The van der Waals surface area contributed by atoms with Crippen molar-refractivity contribution in [1.29, 1.82) is 0 Å². The topological polar surface area (TPSA) is 128 Å². The first-order valence-corrected chi connectivity index (χ1v) is 12.3. The molecule has 0 unspecified atom stereocenters. The van der Waals surface area contributed by atoms with Crippen molar-refractivity contribution in [1.82, 2.24) is 24.0 Å². The molecule has 1 aromatic rings. The van der Waals surface area contributed by atoms with E-state index in [0.29, 0.717) is 63.9 Å². The van der Waals surface area contributed by atoms with Crippen molar-refractivity contribution in [3.8, 4) is 0 Å². The van der Waals surface area contributed by atoms with E-state index >= 15 is 0 Å². The number of aromatic nitrogens is 1. The monoisotopic (exact) mass is 562 g/mol. The van der Waals surface area contributed by atoms with Crippen molar-refractivity contribution in [2.45, 2.75) is 12.2 Å². The molecule has 11 nitrogen and oxygen atoms in total. The van der Waals surface area contributed by atoms with E-state index in [1.807, 2.05) is 4.90 Å². The Morgan fingerprint density at radius 2 is 2.00 bits per heavy atom. The van der Waals surface area contributed by atoms with Crippen LogP contribution in [0.3, 0.4) is 0 Å². The van der Waals surface area contributed by atoms with Crippen LogP contribution in [0.15, 0.2) is 21.8 Å². The van der Waals surface area contributed by atoms with Gasteiger partial charge in [-0.05, 0) is 6.42 Å². The maximum atomic E-state index is 12.5. The molecular formula is C15H27IN6O5S2. The van der Waals surface area contributed by atoms with E-state index in [2.05, 4.69) is 15.5 Å². The number of rotatable bonds is 6. The van der Waals surface area contributed by atoms with E-state index in [0.717, 1.165) is 0 Å². The van der Waals surface area contributed by atoms with Crippen LogP contribution in [0.2, 0.25) is 0 Å². The van der Waals surface area contributed by atoms with E-state index in [4.69, 9.17) is 4.52 Å². The molecule has 3 heterocycles. The van der Waals surface area contributed by atoms with Gasteiger partial charge in [-0.3, -0.25) is 4.99 Å². The van der Waals surface area contributed by atoms with Crippen molar-refractivity contribution >= 4 is 50.0 Å². The highest BCUT2D eigenvalue weighted by atomic mass is 127. The van der Waals surface area contributed by atoms with Crippen LogP contribution in [-0.4, -0.2) is 100 Å². The number of hydrogen-bond donors (Lipinski definition) is 1. The molecule has 0 amide bonds. The third-order valence-electron chi connectivity index (χ3n) is 4.81. The molecule has 2 fully saturated rings. The van der Waals surface area contributed by atoms with Crippen LogP contribution in [0.1, 0.15) is 12.1 Å². The molecule has 1 aromatic heterocycles. The van der Waals surface area contributed by atoms with Crippen LogP contribution in [0.4, 0.5) is 0 Å².